The Morgan fingerprint density at radius 3 is 1.62 bits per heavy atom. The summed E-state index contributed by atoms with van der Waals surface area (Å²) in [6.07, 6.45) is 10.7. The third kappa shape index (κ3) is 1.10. The van der Waals surface area contributed by atoms with Gasteiger partial charge in [0, 0.05) is 0 Å². The van der Waals surface area contributed by atoms with Crippen LogP contribution in [0, 0.1) is 10.8 Å². The summed E-state index contributed by atoms with van der Waals surface area (Å²) in [4.78, 5) is 0. The van der Waals surface area contributed by atoms with Crippen molar-refractivity contribution in [3.05, 3.63) is 0 Å². The maximum Gasteiger partial charge on any atom is -0.00434 e. The molecule has 3 rings (SSSR count). The van der Waals surface area contributed by atoms with Crippen molar-refractivity contribution in [2.75, 3.05) is 13.1 Å². The molecule has 0 unspecified atom stereocenters. The van der Waals surface area contributed by atoms with Gasteiger partial charge < -0.3 is 5.32 Å². The van der Waals surface area contributed by atoms with E-state index in [1.165, 1.54) is 32.4 Å². The van der Waals surface area contributed by atoms with Crippen molar-refractivity contribution in [2.45, 2.75) is 44.9 Å². The van der Waals surface area contributed by atoms with Crippen LogP contribution >= 0.6 is 12.4 Å². The van der Waals surface area contributed by atoms with Gasteiger partial charge in [0.05, 0.1) is 0 Å². The van der Waals surface area contributed by atoms with Gasteiger partial charge in [-0.05, 0) is 62.4 Å². The summed E-state index contributed by atoms with van der Waals surface area (Å²) in [5.41, 5.74) is 1.70. The lowest BCUT2D eigenvalue weighted by molar-refractivity contribution is -0.155. The summed E-state index contributed by atoms with van der Waals surface area (Å²) in [5.74, 6) is 0. The fourth-order valence-electron chi connectivity index (χ4n) is 3.90. The average Bonchev–Trinajstić information content (AvgIpc) is 2.01. The normalized spacial score (nSPS) is 33.2. The molecule has 13 heavy (non-hydrogen) atoms. The molecule has 0 atom stereocenters. The number of hydrogen-bond donors (Lipinski definition) is 1. The quantitative estimate of drug-likeness (QED) is 0.636. The van der Waals surface area contributed by atoms with E-state index < -0.39 is 0 Å². The van der Waals surface area contributed by atoms with Gasteiger partial charge in [0.2, 0.25) is 0 Å². The van der Waals surface area contributed by atoms with Crippen LogP contribution in [-0.4, -0.2) is 13.1 Å². The Labute approximate surface area is 87.1 Å². The lowest BCUT2D eigenvalue weighted by Crippen LogP contribution is -2.58. The molecule has 2 saturated carbocycles. The van der Waals surface area contributed by atoms with E-state index in [2.05, 4.69) is 5.32 Å². The minimum atomic E-state index is 0. The van der Waals surface area contributed by atoms with Gasteiger partial charge in [-0.15, -0.1) is 12.4 Å². The Morgan fingerprint density at radius 1 is 0.692 bits per heavy atom. The molecular weight excluding hydrogens is 182 g/mol. The van der Waals surface area contributed by atoms with Crippen LogP contribution < -0.4 is 5.32 Å². The first-order valence-corrected chi connectivity index (χ1v) is 5.58. The number of fused-ring (bicyclic) bond motifs is 1. The molecule has 1 heterocycles. The van der Waals surface area contributed by atoms with Gasteiger partial charge >= 0.3 is 0 Å². The maximum absolute atomic E-state index is 3.49. The van der Waals surface area contributed by atoms with Gasteiger partial charge in [-0.25, -0.2) is 0 Å². The monoisotopic (exact) mass is 201 g/mol. The Balaban J connectivity index is 0.000000653. The molecule has 3 aliphatic rings. The van der Waals surface area contributed by atoms with Crippen molar-refractivity contribution in [2.24, 2.45) is 10.8 Å². The van der Waals surface area contributed by atoms with E-state index in [1.54, 1.807) is 25.7 Å². The van der Waals surface area contributed by atoms with Gasteiger partial charge in [0.1, 0.15) is 0 Å². The summed E-state index contributed by atoms with van der Waals surface area (Å²) >= 11 is 0. The topological polar surface area (TPSA) is 12.0 Å². The van der Waals surface area contributed by atoms with Crippen LogP contribution in [0.15, 0.2) is 0 Å². The molecule has 0 radical (unpaired) electrons. The smallest absolute Gasteiger partial charge is 0.00434 e. The van der Waals surface area contributed by atoms with E-state index in [0.29, 0.717) is 0 Å². The molecule has 0 aromatic rings. The van der Waals surface area contributed by atoms with Gasteiger partial charge in [-0.3, -0.25) is 0 Å². The van der Waals surface area contributed by atoms with Crippen LogP contribution in [-0.2, 0) is 0 Å². The molecule has 1 N–H and O–H groups in total. The van der Waals surface area contributed by atoms with Crippen molar-refractivity contribution in [1.82, 2.24) is 5.32 Å². The van der Waals surface area contributed by atoms with Gasteiger partial charge in [0.15, 0.2) is 0 Å². The molecule has 76 valence electrons. The summed E-state index contributed by atoms with van der Waals surface area (Å²) in [7, 11) is 0. The fraction of sp³-hybridized carbons (Fsp3) is 1.00. The molecule has 0 aromatic heterocycles. The molecule has 1 nitrogen and oxygen atoms in total. The largest absolute Gasteiger partial charge is 0.317 e. The van der Waals surface area contributed by atoms with Crippen molar-refractivity contribution < 1.29 is 0 Å². The number of rotatable bonds is 0. The summed E-state index contributed by atoms with van der Waals surface area (Å²) in [6, 6.07) is 0. The molecule has 0 amide bonds. The highest BCUT2D eigenvalue weighted by Gasteiger charge is 2.60. The van der Waals surface area contributed by atoms with E-state index in [0.717, 1.165) is 10.8 Å². The van der Waals surface area contributed by atoms with Crippen LogP contribution in [0.1, 0.15) is 44.9 Å². The first kappa shape index (κ1) is 9.79. The predicted molar refractivity (Wildman–Crippen MR) is 57.3 cm³/mol. The predicted octanol–water partition coefficient (Wildman–Crippen LogP) is 2.74. The van der Waals surface area contributed by atoms with Crippen molar-refractivity contribution in [3.63, 3.8) is 0 Å². The van der Waals surface area contributed by atoms with Crippen LogP contribution in [0.3, 0.4) is 0 Å². The van der Waals surface area contributed by atoms with Crippen molar-refractivity contribution in [3.8, 4) is 0 Å². The standard InChI is InChI=1S/C11H19N.ClH/c1-2-10(3-1)4-5-11(10)6-8-12-9-7-11;/h12H,1-9H2;1H. The third-order valence-corrected chi connectivity index (χ3v) is 5.08. The molecule has 0 bridgehead atoms. The molecule has 0 aromatic carbocycles. The highest BCUT2D eigenvalue weighted by Crippen LogP contribution is 2.70. The Bertz CT molecular complexity index is 187. The number of nitrogens with one attached hydrogen (secondary N) is 1. The zero-order chi connectivity index (χ0) is 8.07. The van der Waals surface area contributed by atoms with Crippen LogP contribution in [0.2, 0.25) is 0 Å². The summed E-state index contributed by atoms with van der Waals surface area (Å²) in [6.45, 7) is 2.59. The second-order valence-electron chi connectivity index (χ2n) is 5.16. The van der Waals surface area contributed by atoms with Gasteiger partial charge in [-0.2, -0.15) is 0 Å². The zero-order valence-electron chi connectivity index (χ0n) is 8.27. The molecule has 3 fully saturated rings. The second-order valence-corrected chi connectivity index (χ2v) is 5.16. The number of halogens is 1. The first-order chi connectivity index (χ1) is 5.87. The molecule has 1 saturated heterocycles. The SMILES string of the molecule is C1CC2(C1)CCC21CCNCC1.Cl. The molecule has 2 aliphatic carbocycles. The van der Waals surface area contributed by atoms with Crippen molar-refractivity contribution >= 4 is 12.4 Å². The number of piperidine rings is 1. The average molecular weight is 202 g/mol. The highest BCUT2D eigenvalue weighted by molar-refractivity contribution is 5.85. The van der Waals surface area contributed by atoms with Crippen LogP contribution in [0.5, 0.6) is 0 Å². The van der Waals surface area contributed by atoms with E-state index >= 15 is 0 Å². The summed E-state index contributed by atoms with van der Waals surface area (Å²) in [5, 5.41) is 3.49. The van der Waals surface area contributed by atoms with Crippen LogP contribution in [0.4, 0.5) is 0 Å². The second kappa shape index (κ2) is 3.13. The first-order valence-electron chi connectivity index (χ1n) is 5.58. The Kier molecular flexibility index (Phi) is 2.36. The Hall–Kier alpha value is 0.250. The lowest BCUT2D eigenvalue weighted by Gasteiger charge is -2.66. The van der Waals surface area contributed by atoms with E-state index in [9.17, 15) is 0 Å². The molecular formula is C11H20ClN. The number of hydrogen-bond acceptors (Lipinski definition) is 1. The fourth-order valence-corrected chi connectivity index (χ4v) is 3.90. The van der Waals surface area contributed by atoms with E-state index in [4.69, 9.17) is 0 Å². The minimum Gasteiger partial charge on any atom is -0.317 e. The third-order valence-electron chi connectivity index (χ3n) is 5.08. The zero-order valence-corrected chi connectivity index (χ0v) is 9.09. The lowest BCUT2D eigenvalue weighted by atomic mass is 9.39. The Morgan fingerprint density at radius 2 is 1.23 bits per heavy atom. The molecule has 2 spiro atoms. The van der Waals surface area contributed by atoms with Crippen molar-refractivity contribution in [1.29, 1.82) is 0 Å². The van der Waals surface area contributed by atoms with E-state index in [-0.39, 0.29) is 12.4 Å². The molecule has 2 heteroatoms. The van der Waals surface area contributed by atoms with Gasteiger partial charge in [0.25, 0.3) is 0 Å². The highest BCUT2D eigenvalue weighted by atomic mass is 35.5. The summed E-state index contributed by atoms with van der Waals surface area (Å²) < 4.78 is 0. The minimum absolute atomic E-state index is 0. The molecule has 1 aliphatic heterocycles. The van der Waals surface area contributed by atoms with Gasteiger partial charge in [-0.1, -0.05) is 6.42 Å². The van der Waals surface area contributed by atoms with Crippen LogP contribution in [0.25, 0.3) is 0 Å². The maximum atomic E-state index is 3.49. The van der Waals surface area contributed by atoms with E-state index in [1.807, 2.05) is 0 Å².